The van der Waals surface area contributed by atoms with Gasteiger partial charge in [-0.25, -0.2) is 0 Å². The first-order valence-corrected chi connectivity index (χ1v) is 13.8. The van der Waals surface area contributed by atoms with Crippen LogP contribution in [0.15, 0.2) is 83.8 Å². The number of rotatable bonds is 13. The molecule has 1 atom stereocenters. The molecule has 0 fully saturated rings. The zero-order valence-electron chi connectivity index (χ0n) is 22.3. The SMILES string of the molecule is COc1cccc(CN(C(=O)CCSc2ccc(C)cc2)[C@@H](Cc2ccccc2)C(=O)NCC(C)C)c1. The van der Waals surface area contributed by atoms with E-state index in [0.29, 0.717) is 37.6 Å². The molecular formula is C31H38N2O3S. The number of hydrogen-bond acceptors (Lipinski definition) is 4. The van der Waals surface area contributed by atoms with Crippen LogP contribution < -0.4 is 10.1 Å². The van der Waals surface area contributed by atoms with Crippen LogP contribution in [-0.4, -0.2) is 42.2 Å². The maximum atomic E-state index is 13.7. The number of hydrogen-bond donors (Lipinski definition) is 1. The van der Waals surface area contributed by atoms with Crippen LogP contribution in [0.25, 0.3) is 0 Å². The van der Waals surface area contributed by atoms with Gasteiger partial charge in [-0.15, -0.1) is 11.8 Å². The summed E-state index contributed by atoms with van der Waals surface area (Å²) in [6.07, 6.45) is 0.789. The third kappa shape index (κ3) is 9.29. The molecule has 0 aliphatic rings. The Bertz CT molecular complexity index is 1130. The normalized spacial score (nSPS) is 11.7. The molecule has 6 heteroatoms. The fraction of sp³-hybridized carbons (Fsp3) is 0.355. The first-order chi connectivity index (χ1) is 17.9. The topological polar surface area (TPSA) is 58.6 Å². The number of thioether (sulfide) groups is 1. The van der Waals surface area contributed by atoms with Gasteiger partial charge in [0.05, 0.1) is 7.11 Å². The van der Waals surface area contributed by atoms with Crippen LogP contribution in [0, 0.1) is 12.8 Å². The summed E-state index contributed by atoms with van der Waals surface area (Å²) >= 11 is 1.66. The van der Waals surface area contributed by atoms with Crippen LogP contribution in [0.4, 0.5) is 0 Å². The molecule has 196 valence electrons. The minimum Gasteiger partial charge on any atom is -0.497 e. The van der Waals surface area contributed by atoms with Crippen molar-refractivity contribution < 1.29 is 14.3 Å². The fourth-order valence-corrected chi connectivity index (χ4v) is 4.82. The second-order valence-electron chi connectivity index (χ2n) is 9.63. The molecule has 1 N–H and O–H groups in total. The quantitative estimate of drug-likeness (QED) is 0.286. The molecule has 0 saturated carbocycles. The molecule has 0 unspecified atom stereocenters. The van der Waals surface area contributed by atoms with Crippen LogP contribution in [0.5, 0.6) is 5.75 Å². The van der Waals surface area contributed by atoms with E-state index in [2.05, 4.69) is 50.4 Å². The lowest BCUT2D eigenvalue weighted by Gasteiger charge is -2.32. The van der Waals surface area contributed by atoms with Crippen molar-refractivity contribution in [3.63, 3.8) is 0 Å². The van der Waals surface area contributed by atoms with E-state index in [4.69, 9.17) is 4.74 Å². The van der Waals surface area contributed by atoms with Crippen LogP contribution in [0.1, 0.15) is 37.0 Å². The highest BCUT2D eigenvalue weighted by Crippen LogP contribution is 2.22. The molecule has 2 amide bonds. The zero-order chi connectivity index (χ0) is 26.6. The molecule has 37 heavy (non-hydrogen) atoms. The van der Waals surface area contributed by atoms with Gasteiger partial charge in [-0.3, -0.25) is 9.59 Å². The summed E-state index contributed by atoms with van der Waals surface area (Å²) in [6, 6.07) is 25.3. The molecule has 0 aromatic heterocycles. The summed E-state index contributed by atoms with van der Waals surface area (Å²) < 4.78 is 5.40. The van der Waals surface area contributed by atoms with Crippen LogP contribution in [0.2, 0.25) is 0 Å². The van der Waals surface area contributed by atoms with E-state index in [0.717, 1.165) is 21.8 Å². The summed E-state index contributed by atoms with van der Waals surface area (Å²) in [7, 11) is 1.63. The average molecular weight is 519 g/mol. The highest BCUT2D eigenvalue weighted by molar-refractivity contribution is 7.99. The van der Waals surface area contributed by atoms with Gasteiger partial charge < -0.3 is 15.0 Å². The highest BCUT2D eigenvalue weighted by atomic mass is 32.2. The summed E-state index contributed by atoms with van der Waals surface area (Å²) in [6.45, 7) is 7.08. The minimum atomic E-state index is -0.621. The van der Waals surface area contributed by atoms with Crippen molar-refractivity contribution >= 4 is 23.6 Å². The Hall–Kier alpha value is -3.25. The maximum absolute atomic E-state index is 13.7. The number of carbonyl (C=O) groups excluding carboxylic acids is 2. The molecule has 0 aliphatic heterocycles. The van der Waals surface area contributed by atoms with Crippen molar-refractivity contribution in [1.82, 2.24) is 10.2 Å². The number of benzene rings is 3. The van der Waals surface area contributed by atoms with Gasteiger partial charge >= 0.3 is 0 Å². The Balaban J connectivity index is 1.85. The second-order valence-corrected chi connectivity index (χ2v) is 10.8. The Morgan fingerprint density at radius 1 is 0.946 bits per heavy atom. The van der Waals surface area contributed by atoms with Crippen LogP contribution >= 0.6 is 11.8 Å². The molecule has 0 radical (unpaired) electrons. The molecule has 5 nitrogen and oxygen atoms in total. The number of methoxy groups -OCH3 is 1. The maximum Gasteiger partial charge on any atom is 0.243 e. The zero-order valence-corrected chi connectivity index (χ0v) is 23.1. The Labute approximate surface area is 225 Å². The molecule has 0 spiro atoms. The number of ether oxygens (including phenoxy) is 1. The number of amides is 2. The third-order valence-electron chi connectivity index (χ3n) is 6.05. The lowest BCUT2D eigenvalue weighted by Crippen LogP contribution is -2.51. The molecule has 3 aromatic rings. The van der Waals surface area contributed by atoms with Gasteiger partial charge in [-0.05, 0) is 48.2 Å². The second kappa shape index (κ2) is 14.5. The van der Waals surface area contributed by atoms with Gasteiger partial charge in [-0.2, -0.15) is 0 Å². The standard InChI is InChI=1S/C31H38N2O3S/c1-23(2)21-32-31(35)29(20-25-9-6-5-7-10-25)33(22-26-11-8-12-27(19-26)36-4)30(34)17-18-37-28-15-13-24(3)14-16-28/h5-16,19,23,29H,17-18,20-22H2,1-4H3,(H,32,35)/t29-/m0/s1. The van der Waals surface area contributed by atoms with Crippen molar-refractivity contribution in [3.8, 4) is 5.75 Å². The predicted octanol–water partition coefficient (Wildman–Crippen LogP) is 5.90. The van der Waals surface area contributed by atoms with Gasteiger partial charge in [0.25, 0.3) is 0 Å². The summed E-state index contributed by atoms with van der Waals surface area (Å²) in [5.41, 5.74) is 3.15. The molecule has 3 aromatic carbocycles. The molecule has 0 bridgehead atoms. The van der Waals surface area contributed by atoms with E-state index in [-0.39, 0.29) is 11.8 Å². The third-order valence-corrected chi connectivity index (χ3v) is 7.06. The van der Waals surface area contributed by atoms with Crippen molar-refractivity contribution in [2.45, 2.75) is 51.1 Å². The van der Waals surface area contributed by atoms with Crippen molar-refractivity contribution in [2.75, 3.05) is 19.4 Å². The van der Waals surface area contributed by atoms with Gasteiger partial charge in [0.2, 0.25) is 11.8 Å². The molecule has 0 aliphatic carbocycles. The minimum absolute atomic E-state index is 0.0388. The number of carbonyl (C=O) groups is 2. The number of aryl methyl sites for hydroxylation is 1. The fourth-order valence-electron chi connectivity index (χ4n) is 3.98. The van der Waals surface area contributed by atoms with E-state index in [1.807, 2.05) is 54.6 Å². The molecule has 3 rings (SSSR count). The molecule has 0 saturated heterocycles. The number of nitrogens with zero attached hydrogens (tertiary/aromatic N) is 1. The van der Waals surface area contributed by atoms with Gasteiger partial charge in [0.1, 0.15) is 11.8 Å². The average Bonchev–Trinajstić information content (AvgIpc) is 2.91. The molecule has 0 heterocycles. The van der Waals surface area contributed by atoms with Crippen LogP contribution in [0.3, 0.4) is 0 Å². The van der Waals surface area contributed by atoms with Crippen molar-refractivity contribution in [1.29, 1.82) is 0 Å². The summed E-state index contributed by atoms with van der Waals surface area (Å²) in [4.78, 5) is 30.1. The van der Waals surface area contributed by atoms with Gasteiger partial charge in [0.15, 0.2) is 0 Å². The van der Waals surface area contributed by atoms with Gasteiger partial charge in [0, 0.05) is 36.6 Å². The highest BCUT2D eigenvalue weighted by Gasteiger charge is 2.30. The lowest BCUT2D eigenvalue weighted by atomic mass is 10.0. The Morgan fingerprint density at radius 3 is 2.32 bits per heavy atom. The monoisotopic (exact) mass is 518 g/mol. The van der Waals surface area contributed by atoms with E-state index in [1.54, 1.807) is 23.8 Å². The first kappa shape index (κ1) is 28.3. The van der Waals surface area contributed by atoms with E-state index in [1.165, 1.54) is 5.56 Å². The first-order valence-electron chi connectivity index (χ1n) is 12.8. The molecular weight excluding hydrogens is 480 g/mol. The van der Waals surface area contributed by atoms with Crippen LogP contribution in [-0.2, 0) is 22.6 Å². The largest absolute Gasteiger partial charge is 0.497 e. The van der Waals surface area contributed by atoms with Crippen molar-refractivity contribution in [2.24, 2.45) is 5.92 Å². The Kier molecular flexibility index (Phi) is 11.1. The summed E-state index contributed by atoms with van der Waals surface area (Å²) in [5, 5.41) is 3.07. The lowest BCUT2D eigenvalue weighted by molar-refractivity contribution is -0.141. The van der Waals surface area contributed by atoms with Gasteiger partial charge in [-0.1, -0.05) is 74.0 Å². The summed E-state index contributed by atoms with van der Waals surface area (Å²) in [5.74, 6) is 1.52. The Morgan fingerprint density at radius 2 is 1.65 bits per heavy atom. The number of nitrogens with one attached hydrogen (secondary N) is 1. The van der Waals surface area contributed by atoms with Crippen molar-refractivity contribution in [3.05, 3.63) is 95.6 Å². The van der Waals surface area contributed by atoms with E-state index < -0.39 is 6.04 Å². The van der Waals surface area contributed by atoms with E-state index in [9.17, 15) is 9.59 Å². The van der Waals surface area contributed by atoms with E-state index >= 15 is 0 Å². The predicted molar refractivity (Wildman–Crippen MR) is 152 cm³/mol. The smallest absolute Gasteiger partial charge is 0.243 e.